The number of benzene rings is 1. The van der Waals surface area contributed by atoms with Crippen molar-refractivity contribution in [1.82, 2.24) is 0 Å². The standard InChI is InChI=1S/C10H11ClN2O3/c1-7(5-12)6-16-10-4-8(11)2-3-9(10)13(14)15/h2-4H,1,5-6,12H2. The summed E-state index contributed by atoms with van der Waals surface area (Å²) >= 11 is 5.72. The molecule has 1 aromatic rings. The number of nitrogens with zero attached hydrogens (tertiary/aromatic N) is 1. The SMILES string of the molecule is C=C(CN)COc1cc(Cl)ccc1[N+](=O)[O-]. The van der Waals surface area contributed by atoms with Crippen molar-refractivity contribution in [1.29, 1.82) is 0 Å². The lowest BCUT2D eigenvalue weighted by Gasteiger charge is -2.07. The van der Waals surface area contributed by atoms with E-state index in [0.717, 1.165) is 0 Å². The van der Waals surface area contributed by atoms with E-state index in [1.165, 1.54) is 18.2 Å². The second kappa shape index (κ2) is 5.48. The maximum Gasteiger partial charge on any atom is 0.311 e. The van der Waals surface area contributed by atoms with E-state index in [0.29, 0.717) is 10.6 Å². The van der Waals surface area contributed by atoms with Gasteiger partial charge in [-0.1, -0.05) is 18.2 Å². The van der Waals surface area contributed by atoms with Gasteiger partial charge in [0.2, 0.25) is 0 Å². The van der Waals surface area contributed by atoms with Crippen LogP contribution < -0.4 is 10.5 Å². The molecule has 0 aliphatic carbocycles. The Morgan fingerprint density at radius 1 is 1.62 bits per heavy atom. The van der Waals surface area contributed by atoms with Gasteiger partial charge in [0.1, 0.15) is 6.61 Å². The molecule has 0 heterocycles. The zero-order chi connectivity index (χ0) is 12.1. The van der Waals surface area contributed by atoms with Gasteiger partial charge in [-0.15, -0.1) is 0 Å². The van der Waals surface area contributed by atoms with E-state index in [-0.39, 0.29) is 24.6 Å². The molecule has 0 saturated carbocycles. The first-order valence-corrected chi connectivity index (χ1v) is 4.86. The smallest absolute Gasteiger partial charge is 0.311 e. The lowest BCUT2D eigenvalue weighted by atomic mass is 10.3. The van der Waals surface area contributed by atoms with Crippen LogP contribution in [0, 0.1) is 10.1 Å². The first-order chi connectivity index (χ1) is 7.54. The van der Waals surface area contributed by atoms with Crippen LogP contribution in [-0.4, -0.2) is 18.1 Å². The molecule has 0 bridgehead atoms. The normalized spacial score (nSPS) is 9.88. The van der Waals surface area contributed by atoms with E-state index in [9.17, 15) is 10.1 Å². The average Bonchev–Trinajstić information content (AvgIpc) is 2.25. The third kappa shape index (κ3) is 3.22. The molecule has 0 aliphatic heterocycles. The molecule has 0 aromatic heterocycles. The molecule has 0 spiro atoms. The van der Waals surface area contributed by atoms with Crippen molar-refractivity contribution in [2.24, 2.45) is 5.73 Å². The van der Waals surface area contributed by atoms with Crippen LogP contribution in [0.15, 0.2) is 30.4 Å². The molecule has 0 saturated heterocycles. The molecule has 6 heteroatoms. The van der Waals surface area contributed by atoms with Crippen molar-refractivity contribution in [3.8, 4) is 5.75 Å². The van der Waals surface area contributed by atoms with Crippen molar-refractivity contribution in [2.45, 2.75) is 0 Å². The van der Waals surface area contributed by atoms with Crippen LogP contribution in [-0.2, 0) is 0 Å². The first kappa shape index (κ1) is 12.5. The summed E-state index contributed by atoms with van der Waals surface area (Å²) in [5, 5.41) is 11.1. The van der Waals surface area contributed by atoms with Crippen molar-refractivity contribution in [3.63, 3.8) is 0 Å². The Labute approximate surface area is 97.6 Å². The number of halogens is 1. The Bertz CT molecular complexity index is 421. The molecular formula is C10H11ClN2O3. The van der Waals surface area contributed by atoms with Gasteiger partial charge in [0, 0.05) is 23.7 Å². The predicted molar refractivity (Wildman–Crippen MR) is 61.8 cm³/mol. The maximum atomic E-state index is 10.7. The van der Waals surface area contributed by atoms with E-state index in [1.807, 2.05) is 0 Å². The van der Waals surface area contributed by atoms with Crippen molar-refractivity contribution >= 4 is 17.3 Å². The monoisotopic (exact) mass is 242 g/mol. The molecule has 2 N–H and O–H groups in total. The van der Waals surface area contributed by atoms with Crippen LogP contribution in [0.5, 0.6) is 5.75 Å². The molecular weight excluding hydrogens is 232 g/mol. The molecule has 1 rings (SSSR count). The molecule has 5 nitrogen and oxygen atoms in total. The van der Waals surface area contributed by atoms with Gasteiger partial charge in [0.15, 0.2) is 5.75 Å². The largest absolute Gasteiger partial charge is 0.482 e. The van der Waals surface area contributed by atoms with Gasteiger partial charge >= 0.3 is 5.69 Å². The Hall–Kier alpha value is -1.59. The Kier molecular flexibility index (Phi) is 4.28. The summed E-state index contributed by atoms with van der Waals surface area (Å²) in [7, 11) is 0. The van der Waals surface area contributed by atoms with Crippen LogP contribution in [0.1, 0.15) is 0 Å². The fourth-order valence-corrected chi connectivity index (χ4v) is 1.16. The summed E-state index contributed by atoms with van der Waals surface area (Å²) in [6.07, 6.45) is 0. The van der Waals surface area contributed by atoms with Gasteiger partial charge in [-0.2, -0.15) is 0 Å². The number of ether oxygens (including phenoxy) is 1. The number of nitro groups is 1. The van der Waals surface area contributed by atoms with Gasteiger partial charge in [0.25, 0.3) is 0 Å². The van der Waals surface area contributed by atoms with E-state index in [4.69, 9.17) is 22.1 Å². The lowest BCUT2D eigenvalue weighted by molar-refractivity contribution is -0.385. The summed E-state index contributed by atoms with van der Waals surface area (Å²) in [6, 6.07) is 4.12. The minimum atomic E-state index is -0.531. The Balaban J connectivity index is 2.88. The predicted octanol–water partition coefficient (Wildman–Crippen LogP) is 2.14. The molecule has 0 radical (unpaired) electrons. The fourth-order valence-electron chi connectivity index (χ4n) is 0.993. The van der Waals surface area contributed by atoms with Gasteiger partial charge in [-0.3, -0.25) is 10.1 Å². The molecule has 0 fully saturated rings. The number of hydrogen-bond donors (Lipinski definition) is 1. The Morgan fingerprint density at radius 3 is 2.88 bits per heavy atom. The number of nitro benzene ring substituents is 1. The lowest BCUT2D eigenvalue weighted by Crippen LogP contribution is -2.10. The molecule has 0 atom stereocenters. The quantitative estimate of drug-likeness (QED) is 0.487. The van der Waals surface area contributed by atoms with E-state index in [1.54, 1.807) is 0 Å². The fraction of sp³-hybridized carbons (Fsp3) is 0.200. The molecule has 0 unspecified atom stereocenters. The van der Waals surface area contributed by atoms with Crippen molar-refractivity contribution in [2.75, 3.05) is 13.2 Å². The molecule has 0 amide bonds. The number of nitrogens with two attached hydrogens (primary N) is 1. The zero-order valence-electron chi connectivity index (χ0n) is 8.48. The maximum absolute atomic E-state index is 10.7. The van der Waals surface area contributed by atoms with Gasteiger partial charge in [-0.05, 0) is 11.6 Å². The second-order valence-corrected chi connectivity index (χ2v) is 3.55. The first-order valence-electron chi connectivity index (χ1n) is 4.48. The number of rotatable bonds is 5. The average molecular weight is 243 g/mol. The minimum absolute atomic E-state index is 0.118. The summed E-state index contributed by atoms with van der Waals surface area (Å²) in [5.74, 6) is 0.118. The highest BCUT2D eigenvalue weighted by Gasteiger charge is 2.15. The van der Waals surface area contributed by atoms with Gasteiger partial charge in [0.05, 0.1) is 4.92 Å². The van der Waals surface area contributed by atoms with Gasteiger partial charge in [-0.25, -0.2) is 0 Å². The summed E-state index contributed by atoms with van der Waals surface area (Å²) in [5.41, 5.74) is 5.84. The van der Waals surface area contributed by atoms with Crippen LogP contribution in [0.2, 0.25) is 5.02 Å². The molecule has 1 aromatic carbocycles. The molecule has 0 aliphatic rings. The number of hydrogen-bond acceptors (Lipinski definition) is 4. The van der Waals surface area contributed by atoms with E-state index < -0.39 is 4.92 Å². The third-order valence-corrected chi connectivity index (χ3v) is 2.07. The topological polar surface area (TPSA) is 78.4 Å². The summed E-state index contributed by atoms with van der Waals surface area (Å²) in [6.45, 7) is 4.04. The summed E-state index contributed by atoms with van der Waals surface area (Å²) < 4.78 is 5.23. The van der Waals surface area contributed by atoms with Crippen molar-refractivity contribution in [3.05, 3.63) is 45.5 Å². The second-order valence-electron chi connectivity index (χ2n) is 3.11. The van der Waals surface area contributed by atoms with Crippen LogP contribution in [0.4, 0.5) is 5.69 Å². The van der Waals surface area contributed by atoms with Crippen LogP contribution >= 0.6 is 11.6 Å². The minimum Gasteiger partial charge on any atom is -0.482 e. The highest BCUT2D eigenvalue weighted by molar-refractivity contribution is 6.30. The van der Waals surface area contributed by atoms with E-state index in [2.05, 4.69) is 6.58 Å². The zero-order valence-corrected chi connectivity index (χ0v) is 9.24. The highest BCUT2D eigenvalue weighted by atomic mass is 35.5. The highest BCUT2D eigenvalue weighted by Crippen LogP contribution is 2.30. The Morgan fingerprint density at radius 2 is 2.31 bits per heavy atom. The molecule has 16 heavy (non-hydrogen) atoms. The van der Waals surface area contributed by atoms with Gasteiger partial charge < -0.3 is 10.5 Å². The van der Waals surface area contributed by atoms with E-state index >= 15 is 0 Å². The van der Waals surface area contributed by atoms with Crippen molar-refractivity contribution < 1.29 is 9.66 Å². The molecule has 86 valence electrons. The summed E-state index contributed by atoms with van der Waals surface area (Å²) in [4.78, 5) is 10.2. The van der Waals surface area contributed by atoms with Crippen LogP contribution in [0.3, 0.4) is 0 Å². The third-order valence-electron chi connectivity index (χ3n) is 1.84. The van der Waals surface area contributed by atoms with Crippen LogP contribution in [0.25, 0.3) is 0 Å².